The highest BCUT2D eigenvalue weighted by Crippen LogP contribution is 2.24. The van der Waals surface area contributed by atoms with E-state index < -0.39 is 0 Å². The molecule has 1 unspecified atom stereocenters. The Hall–Kier alpha value is -1.32. The summed E-state index contributed by atoms with van der Waals surface area (Å²) >= 11 is 0. The van der Waals surface area contributed by atoms with Gasteiger partial charge < -0.3 is 5.32 Å². The Kier molecular flexibility index (Phi) is 3.73. The van der Waals surface area contributed by atoms with Gasteiger partial charge in [0.15, 0.2) is 0 Å². The van der Waals surface area contributed by atoms with Gasteiger partial charge in [-0.3, -0.25) is 9.89 Å². The molecule has 0 aliphatic rings. The van der Waals surface area contributed by atoms with Crippen molar-refractivity contribution in [2.45, 2.75) is 34.6 Å². The third kappa shape index (κ3) is 3.08. The molecule has 0 bridgehead atoms. The van der Waals surface area contributed by atoms with Crippen molar-refractivity contribution in [3.05, 3.63) is 17.5 Å². The lowest BCUT2D eigenvalue weighted by molar-refractivity contribution is 0.0936. The second-order valence-electron chi connectivity index (χ2n) is 5.39. The molecule has 0 aliphatic heterocycles. The summed E-state index contributed by atoms with van der Waals surface area (Å²) < 4.78 is 0. The van der Waals surface area contributed by atoms with Crippen molar-refractivity contribution < 1.29 is 4.79 Å². The number of aromatic nitrogens is 2. The maximum Gasteiger partial charge on any atom is 0.254 e. The van der Waals surface area contributed by atoms with E-state index in [1.807, 2.05) is 6.92 Å². The third-order valence-electron chi connectivity index (χ3n) is 3.12. The molecule has 0 aliphatic carbocycles. The van der Waals surface area contributed by atoms with E-state index in [2.05, 4.69) is 43.2 Å². The number of aromatic amines is 1. The summed E-state index contributed by atoms with van der Waals surface area (Å²) in [6.07, 6.45) is 1.56. The Bertz CT molecular complexity index is 363. The first-order chi connectivity index (χ1) is 7.32. The molecule has 0 aromatic carbocycles. The first-order valence-corrected chi connectivity index (χ1v) is 5.60. The summed E-state index contributed by atoms with van der Waals surface area (Å²) in [6.45, 7) is 11.2. The Morgan fingerprint density at radius 2 is 2.19 bits per heavy atom. The van der Waals surface area contributed by atoms with E-state index in [9.17, 15) is 4.79 Å². The molecule has 0 fully saturated rings. The van der Waals surface area contributed by atoms with E-state index >= 15 is 0 Å². The lowest BCUT2D eigenvalue weighted by atomic mass is 9.82. The number of nitrogens with one attached hydrogen (secondary N) is 2. The summed E-state index contributed by atoms with van der Waals surface area (Å²) in [5, 5.41) is 9.52. The number of hydrogen-bond acceptors (Lipinski definition) is 2. The monoisotopic (exact) mass is 223 g/mol. The van der Waals surface area contributed by atoms with Crippen molar-refractivity contribution >= 4 is 5.91 Å². The number of carbonyl (C=O) groups is 1. The standard InChI is InChI=1S/C12H21N3O/c1-8(12(3,4)5)6-13-11(16)10-7-14-15-9(10)2/h7-8H,6H2,1-5H3,(H,13,16)(H,14,15). The first kappa shape index (κ1) is 12.7. The smallest absolute Gasteiger partial charge is 0.254 e. The summed E-state index contributed by atoms with van der Waals surface area (Å²) in [4.78, 5) is 11.8. The highest BCUT2D eigenvalue weighted by Gasteiger charge is 2.21. The molecule has 2 N–H and O–H groups in total. The lowest BCUT2D eigenvalue weighted by Crippen LogP contribution is -2.33. The van der Waals surface area contributed by atoms with Gasteiger partial charge in [0.1, 0.15) is 0 Å². The van der Waals surface area contributed by atoms with Crippen LogP contribution in [0.4, 0.5) is 0 Å². The predicted octanol–water partition coefficient (Wildman–Crippen LogP) is 2.13. The van der Waals surface area contributed by atoms with Crippen LogP contribution in [0.1, 0.15) is 43.7 Å². The molecular weight excluding hydrogens is 202 g/mol. The minimum atomic E-state index is -0.0534. The van der Waals surface area contributed by atoms with Gasteiger partial charge in [0.05, 0.1) is 11.8 Å². The van der Waals surface area contributed by atoms with Crippen LogP contribution in [0.5, 0.6) is 0 Å². The average Bonchev–Trinajstić information content (AvgIpc) is 2.58. The van der Waals surface area contributed by atoms with Crippen molar-refractivity contribution in [1.82, 2.24) is 15.5 Å². The zero-order valence-electron chi connectivity index (χ0n) is 10.7. The Morgan fingerprint density at radius 3 is 2.62 bits per heavy atom. The van der Waals surface area contributed by atoms with Crippen LogP contribution in [-0.2, 0) is 0 Å². The van der Waals surface area contributed by atoms with Crippen molar-refractivity contribution in [2.75, 3.05) is 6.54 Å². The molecule has 1 atom stereocenters. The molecular formula is C12H21N3O. The SMILES string of the molecule is Cc1[nH]ncc1C(=O)NCC(C)C(C)(C)C. The van der Waals surface area contributed by atoms with E-state index in [1.54, 1.807) is 6.20 Å². The van der Waals surface area contributed by atoms with Gasteiger partial charge in [-0.25, -0.2) is 0 Å². The van der Waals surface area contributed by atoms with Gasteiger partial charge in [-0.15, -0.1) is 0 Å². The number of rotatable bonds is 3. The van der Waals surface area contributed by atoms with Crippen molar-refractivity contribution in [3.8, 4) is 0 Å². The fourth-order valence-corrected chi connectivity index (χ4v) is 1.23. The summed E-state index contributed by atoms with van der Waals surface area (Å²) in [7, 11) is 0. The number of aryl methyl sites for hydroxylation is 1. The second-order valence-corrected chi connectivity index (χ2v) is 5.39. The second kappa shape index (κ2) is 4.68. The highest BCUT2D eigenvalue weighted by atomic mass is 16.1. The minimum absolute atomic E-state index is 0.0534. The van der Waals surface area contributed by atoms with Crippen molar-refractivity contribution in [1.29, 1.82) is 0 Å². The van der Waals surface area contributed by atoms with E-state index in [0.29, 0.717) is 18.0 Å². The van der Waals surface area contributed by atoms with E-state index in [4.69, 9.17) is 0 Å². The van der Waals surface area contributed by atoms with Gasteiger partial charge in [0.2, 0.25) is 0 Å². The molecule has 4 heteroatoms. The maximum atomic E-state index is 11.8. The summed E-state index contributed by atoms with van der Waals surface area (Å²) in [5.74, 6) is 0.381. The molecule has 0 saturated heterocycles. The lowest BCUT2D eigenvalue weighted by Gasteiger charge is -2.27. The fourth-order valence-electron chi connectivity index (χ4n) is 1.23. The zero-order valence-corrected chi connectivity index (χ0v) is 10.7. The topological polar surface area (TPSA) is 57.8 Å². The van der Waals surface area contributed by atoms with Gasteiger partial charge in [0.25, 0.3) is 5.91 Å². The van der Waals surface area contributed by atoms with Gasteiger partial charge in [-0.1, -0.05) is 27.7 Å². The van der Waals surface area contributed by atoms with E-state index in [1.165, 1.54) is 0 Å². The molecule has 0 spiro atoms. The van der Waals surface area contributed by atoms with Crippen molar-refractivity contribution in [3.63, 3.8) is 0 Å². The largest absolute Gasteiger partial charge is 0.352 e. The van der Waals surface area contributed by atoms with Gasteiger partial charge in [-0.2, -0.15) is 5.10 Å². The molecule has 4 nitrogen and oxygen atoms in total. The van der Waals surface area contributed by atoms with E-state index in [-0.39, 0.29) is 11.3 Å². The average molecular weight is 223 g/mol. The molecule has 0 radical (unpaired) electrons. The van der Waals surface area contributed by atoms with Crippen LogP contribution < -0.4 is 5.32 Å². The molecule has 90 valence electrons. The van der Waals surface area contributed by atoms with Crippen LogP contribution in [0.25, 0.3) is 0 Å². The number of carbonyl (C=O) groups excluding carboxylic acids is 1. The Morgan fingerprint density at radius 1 is 1.56 bits per heavy atom. The number of H-pyrrole nitrogens is 1. The van der Waals surface area contributed by atoms with Crippen LogP contribution in [0.3, 0.4) is 0 Å². The number of hydrogen-bond donors (Lipinski definition) is 2. The van der Waals surface area contributed by atoms with E-state index in [0.717, 1.165) is 5.69 Å². The van der Waals surface area contributed by atoms with Crippen LogP contribution >= 0.6 is 0 Å². The minimum Gasteiger partial charge on any atom is -0.352 e. The van der Waals surface area contributed by atoms with Gasteiger partial charge in [-0.05, 0) is 18.3 Å². The Balaban J connectivity index is 2.52. The van der Waals surface area contributed by atoms with Crippen LogP contribution in [0.15, 0.2) is 6.20 Å². The third-order valence-corrected chi connectivity index (χ3v) is 3.12. The molecule has 16 heavy (non-hydrogen) atoms. The predicted molar refractivity (Wildman–Crippen MR) is 64.3 cm³/mol. The maximum absolute atomic E-state index is 11.8. The molecule has 1 rings (SSSR count). The zero-order chi connectivity index (χ0) is 12.3. The van der Waals surface area contributed by atoms with Gasteiger partial charge in [0, 0.05) is 12.2 Å². The first-order valence-electron chi connectivity index (χ1n) is 5.60. The molecule has 1 aromatic rings. The van der Waals surface area contributed by atoms with Crippen LogP contribution in [-0.4, -0.2) is 22.6 Å². The molecule has 0 saturated carbocycles. The quantitative estimate of drug-likeness (QED) is 0.824. The fraction of sp³-hybridized carbons (Fsp3) is 0.667. The van der Waals surface area contributed by atoms with Crippen LogP contribution in [0.2, 0.25) is 0 Å². The highest BCUT2D eigenvalue weighted by molar-refractivity contribution is 5.94. The summed E-state index contributed by atoms with van der Waals surface area (Å²) in [6, 6.07) is 0. The molecule has 1 amide bonds. The molecule has 1 heterocycles. The van der Waals surface area contributed by atoms with Gasteiger partial charge >= 0.3 is 0 Å². The number of nitrogens with zero attached hydrogens (tertiary/aromatic N) is 1. The molecule has 1 aromatic heterocycles. The van der Waals surface area contributed by atoms with Crippen molar-refractivity contribution in [2.24, 2.45) is 11.3 Å². The Labute approximate surface area is 96.8 Å². The normalized spacial score (nSPS) is 13.6. The summed E-state index contributed by atoms with van der Waals surface area (Å²) in [5.41, 5.74) is 1.64. The number of amides is 1. The van der Waals surface area contributed by atoms with Crippen LogP contribution in [0, 0.1) is 18.3 Å².